The maximum absolute atomic E-state index is 12.6. The van der Waals surface area contributed by atoms with Gasteiger partial charge in [0.1, 0.15) is 6.54 Å². The number of methoxy groups -OCH3 is 1. The van der Waals surface area contributed by atoms with Gasteiger partial charge in [-0.2, -0.15) is 5.10 Å². The predicted molar refractivity (Wildman–Crippen MR) is 87.7 cm³/mol. The van der Waals surface area contributed by atoms with Crippen molar-refractivity contribution in [3.05, 3.63) is 30.0 Å². The highest BCUT2D eigenvalue weighted by atomic mass is 16.5. The highest BCUT2D eigenvalue weighted by Crippen LogP contribution is 2.17. The first-order chi connectivity index (χ1) is 11.5. The molecule has 2 heterocycles. The summed E-state index contributed by atoms with van der Waals surface area (Å²) in [6, 6.07) is 5.18. The van der Waals surface area contributed by atoms with Crippen molar-refractivity contribution in [3.8, 4) is 0 Å². The van der Waals surface area contributed by atoms with E-state index in [0.29, 0.717) is 18.7 Å². The van der Waals surface area contributed by atoms with Gasteiger partial charge in [-0.3, -0.25) is 9.48 Å². The van der Waals surface area contributed by atoms with Gasteiger partial charge in [-0.05, 0) is 32.0 Å². The van der Waals surface area contributed by atoms with Crippen molar-refractivity contribution in [2.24, 2.45) is 0 Å². The minimum absolute atomic E-state index is 0.0130. The number of nitrogens with zero attached hydrogens (tertiary/aromatic N) is 3. The van der Waals surface area contributed by atoms with E-state index >= 15 is 0 Å². The number of fused-ring (bicyclic) bond motifs is 1. The van der Waals surface area contributed by atoms with E-state index in [1.807, 2.05) is 18.7 Å². The molecule has 2 aromatic rings. The maximum Gasteiger partial charge on any atom is 0.337 e. The number of benzene rings is 1. The Morgan fingerprint density at radius 2 is 2.00 bits per heavy atom. The lowest BCUT2D eigenvalue weighted by Crippen LogP contribution is -2.49. The normalized spacial score (nSPS) is 21.0. The molecule has 3 rings (SSSR count). The van der Waals surface area contributed by atoms with E-state index in [0.717, 1.165) is 10.9 Å². The summed E-state index contributed by atoms with van der Waals surface area (Å²) in [4.78, 5) is 26.0. The standard InChI is InChI=1S/C17H21N3O4/c1-11-8-19(9-12(2)24-11)16(21)10-20-15-5-4-13(17(22)23-3)6-14(15)7-18-20/h4-7,11-12H,8-10H2,1-3H3/t11-,12-/m1/s1. The van der Waals surface area contributed by atoms with Gasteiger partial charge in [-0.1, -0.05) is 0 Å². The van der Waals surface area contributed by atoms with Crippen LogP contribution < -0.4 is 0 Å². The summed E-state index contributed by atoms with van der Waals surface area (Å²) < 4.78 is 12.0. The van der Waals surface area contributed by atoms with Gasteiger partial charge < -0.3 is 14.4 Å². The first kappa shape index (κ1) is 16.4. The molecule has 1 saturated heterocycles. The molecule has 0 N–H and O–H groups in total. The number of carbonyl (C=O) groups excluding carboxylic acids is 2. The third-order valence-corrected chi connectivity index (χ3v) is 4.12. The highest BCUT2D eigenvalue weighted by Gasteiger charge is 2.26. The summed E-state index contributed by atoms with van der Waals surface area (Å²) in [7, 11) is 1.35. The number of amides is 1. The van der Waals surface area contributed by atoms with Crippen molar-refractivity contribution in [1.82, 2.24) is 14.7 Å². The van der Waals surface area contributed by atoms with Crippen molar-refractivity contribution >= 4 is 22.8 Å². The van der Waals surface area contributed by atoms with E-state index in [4.69, 9.17) is 9.47 Å². The Hall–Kier alpha value is -2.41. The molecule has 0 spiro atoms. The van der Waals surface area contributed by atoms with E-state index in [-0.39, 0.29) is 24.7 Å². The molecular weight excluding hydrogens is 310 g/mol. The molecule has 7 nitrogen and oxygen atoms in total. The van der Waals surface area contributed by atoms with E-state index in [1.54, 1.807) is 29.1 Å². The molecule has 24 heavy (non-hydrogen) atoms. The van der Waals surface area contributed by atoms with Gasteiger partial charge in [0.2, 0.25) is 5.91 Å². The van der Waals surface area contributed by atoms with Crippen LogP contribution in [0, 0.1) is 0 Å². The van der Waals surface area contributed by atoms with Gasteiger partial charge in [0, 0.05) is 18.5 Å². The molecule has 1 aromatic heterocycles. The minimum Gasteiger partial charge on any atom is -0.465 e. The summed E-state index contributed by atoms with van der Waals surface area (Å²) in [5, 5.41) is 5.08. The van der Waals surface area contributed by atoms with Crippen molar-refractivity contribution < 1.29 is 19.1 Å². The summed E-state index contributed by atoms with van der Waals surface area (Å²) in [5.74, 6) is -0.379. The van der Waals surface area contributed by atoms with Crippen LogP contribution in [0.4, 0.5) is 0 Å². The monoisotopic (exact) mass is 331 g/mol. The van der Waals surface area contributed by atoms with E-state index in [2.05, 4.69) is 5.10 Å². The zero-order valence-electron chi connectivity index (χ0n) is 14.1. The van der Waals surface area contributed by atoms with Crippen molar-refractivity contribution in [1.29, 1.82) is 0 Å². The number of hydrogen-bond acceptors (Lipinski definition) is 5. The van der Waals surface area contributed by atoms with Crippen LogP contribution in [0.2, 0.25) is 0 Å². The lowest BCUT2D eigenvalue weighted by atomic mass is 10.1. The molecule has 1 fully saturated rings. The largest absolute Gasteiger partial charge is 0.465 e. The second-order valence-electron chi connectivity index (χ2n) is 6.12. The maximum atomic E-state index is 12.6. The number of aromatic nitrogens is 2. The Bertz CT molecular complexity index is 760. The van der Waals surface area contributed by atoms with E-state index in [9.17, 15) is 9.59 Å². The molecule has 1 aliphatic heterocycles. The zero-order valence-corrected chi connectivity index (χ0v) is 14.1. The number of carbonyl (C=O) groups is 2. The van der Waals surface area contributed by atoms with Crippen LogP contribution in [0.3, 0.4) is 0 Å². The van der Waals surface area contributed by atoms with E-state index in [1.165, 1.54) is 7.11 Å². The fourth-order valence-electron chi connectivity index (χ4n) is 3.07. The number of rotatable bonds is 3. The average molecular weight is 331 g/mol. The first-order valence-corrected chi connectivity index (χ1v) is 7.95. The topological polar surface area (TPSA) is 73.7 Å². The van der Waals surface area contributed by atoms with Crippen molar-refractivity contribution in [3.63, 3.8) is 0 Å². The second kappa shape index (κ2) is 6.60. The molecule has 0 bridgehead atoms. The smallest absolute Gasteiger partial charge is 0.337 e. The fourth-order valence-corrected chi connectivity index (χ4v) is 3.07. The molecule has 1 aliphatic rings. The van der Waals surface area contributed by atoms with Crippen LogP contribution in [0.15, 0.2) is 24.4 Å². The Labute approximate surface area is 140 Å². The molecule has 1 aromatic carbocycles. The van der Waals surface area contributed by atoms with Crippen molar-refractivity contribution in [2.75, 3.05) is 20.2 Å². The van der Waals surface area contributed by atoms with Gasteiger partial charge in [-0.25, -0.2) is 4.79 Å². The molecule has 0 saturated carbocycles. The van der Waals surface area contributed by atoms with Crippen LogP contribution in [0.25, 0.3) is 10.9 Å². The molecule has 0 aliphatic carbocycles. The van der Waals surface area contributed by atoms with Crippen LogP contribution in [0.5, 0.6) is 0 Å². The molecule has 128 valence electrons. The Morgan fingerprint density at radius 3 is 2.67 bits per heavy atom. The fraction of sp³-hybridized carbons (Fsp3) is 0.471. The Morgan fingerprint density at radius 1 is 1.29 bits per heavy atom. The zero-order chi connectivity index (χ0) is 17.3. The van der Waals surface area contributed by atoms with Crippen LogP contribution in [0.1, 0.15) is 24.2 Å². The molecule has 2 atom stereocenters. The SMILES string of the molecule is COC(=O)c1ccc2c(cnn2CC(=O)N2C[C@@H](C)O[C@H](C)C2)c1. The van der Waals surface area contributed by atoms with Crippen molar-refractivity contribution in [2.45, 2.75) is 32.6 Å². The first-order valence-electron chi connectivity index (χ1n) is 7.95. The number of hydrogen-bond donors (Lipinski definition) is 0. The Kier molecular flexibility index (Phi) is 4.53. The highest BCUT2D eigenvalue weighted by molar-refractivity contribution is 5.94. The molecule has 7 heteroatoms. The van der Waals surface area contributed by atoms with Gasteiger partial charge in [-0.15, -0.1) is 0 Å². The minimum atomic E-state index is -0.392. The van der Waals surface area contributed by atoms with Crippen LogP contribution in [-0.4, -0.2) is 59.0 Å². The lowest BCUT2D eigenvalue weighted by molar-refractivity contribution is -0.143. The van der Waals surface area contributed by atoms with Crippen LogP contribution >= 0.6 is 0 Å². The lowest BCUT2D eigenvalue weighted by Gasteiger charge is -2.35. The Balaban J connectivity index is 1.78. The predicted octanol–water partition coefficient (Wildman–Crippen LogP) is 1.46. The number of esters is 1. The molecular formula is C17H21N3O4. The van der Waals surface area contributed by atoms with Gasteiger partial charge >= 0.3 is 5.97 Å². The second-order valence-corrected chi connectivity index (χ2v) is 6.12. The average Bonchev–Trinajstić information content (AvgIpc) is 2.95. The summed E-state index contributed by atoms with van der Waals surface area (Å²) in [6.45, 7) is 5.28. The van der Waals surface area contributed by atoms with Gasteiger partial charge in [0.25, 0.3) is 0 Å². The summed E-state index contributed by atoms with van der Waals surface area (Å²) in [5.41, 5.74) is 1.28. The summed E-state index contributed by atoms with van der Waals surface area (Å²) >= 11 is 0. The third-order valence-electron chi connectivity index (χ3n) is 4.12. The molecule has 0 unspecified atom stereocenters. The summed E-state index contributed by atoms with van der Waals surface area (Å²) in [6.07, 6.45) is 1.73. The van der Waals surface area contributed by atoms with Gasteiger partial charge in [0.15, 0.2) is 0 Å². The molecule has 1 amide bonds. The quantitative estimate of drug-likeness (QED) is 0.796. The number of morpholine rings is 1. The third kappa shape index (κ3) is 3.26. The van der Waals surface area contributed by atoms with Gasteiger partial charge in [0.05, 0.1) is 36.6 Å². The number of ether oxygens (including phenoxy) is 2. The molecule has 0 radical (unpaired) electrons. The van der Waals surface area contributed by atoms with E-state index < -0.39 is 5.97 Å². The van der Waals surface area contributed by atoms with Crippen LogP contribution in [-0.2, 0) is 20.8 Å².